The number of nitrogens with one attached hydrogen (secondary N) is 1. The number of anilines is 1. The van der Waals surface area contributed by atoms with E-state index in [1.165, 1.54) is 16.2 Å². The van der Waals surface area contributed by atoms with E-state index in [-0.39, 0.29) is 17.9 Å². The van der Waals surface area contributed by atoms with Crippen molar-refractivity contribution in [3.05, 3.63) is 24.3 Å². The Kier molecular flexibility index (Phi) is 4.90. The van der Waals surface area contributed by atoms with Crippen molar-refractivity contribution in [3.8, 4) is 5.75 Å². The number of imide groups is 1. The van der Waals surface area contributed by atoms with Gasteiger partial charge in [-0.2, -0.15) is 0 Å². The molecule has 1 unspecified atom stereocenters. The van der Waals surface area contributed by atoms with E-state index < -0.39 is 0 Å². The van der Waals surface area contributed by atoms with Gasteiger partial charge in [0.15, 0.2) is 6.04 Å². The molecule has 5 heteroatoms. The zero-order valence-electron chi connectivity index (χ0n) is 14.7. The first kappa shape index (κ1) is 17.0. The first-order valence-electron chi connectivity index (χ1n) is 8.93. The van der Waals surface area contributed by atoms with Crippen LogP contribution in [0.1, 0.15) is 33.6 Å². The first-order chi connectivity index (χ1) is 11.5. The maximum absolute atomic E-state index is 12.9. The van der Waals surface area contributed by atoms with Gasteiger partial charge in [-0.05, 0) is 37.6 Å². The third kappa shape index (κ3) is 3.31. The molecule has 130 valence electrons. The number of carbonyl (C=O) groups excluding carboxylic acids is 2. The lowest BCUT2D eigenvalue weighted by Crippen LogP contribution is -3.18. The van der Waals surface area contributed by atoms with Gasteiger partial charge >= 0.3 is 0 Å². The second kappa shape index (κ2) is 6.93. The van der Waals surface area contributed by atoms with Gasteiger partial charge in [0.05, 0.1) is 31.8 Å². The van der Waals surface area contributed by atoms with E-state index in [0.717, 1.165) is 18.8 Å². The van der Waals surface area contributed by atoms with E-state index >= 15 is 0 Å². The number of likely N-dealkylation sites (tertiary alicyclic amines) is 1. The van der Waals surface area contributed by atoms with Crippen molar-refractivity contribution in [2.45, 2.75) is 39.7 Å². The Morgan fingerprint density at radius 2 is 1.75 bits per heavy atom. The van der Waals surface area contributed by atoms with E-state index in [4.69, 9.17) is 4.74 Å². The lowest BCUT2D eigenvalue weighted by Gasteiger charge is -2.34. The molecule has 2 aliphatic rings. The highest BCUT2D eigenvalue weighted by Gasteiger charge is 2.47. The SMILES string of the molecule is CCOc1ccc(N2C(=O)C[C@H]([NH+]3C[C@H](C)C[C@H](C)C3)C2=O)cc1. The number of piperidine rings is 1. The Labute approximate surface area is 143 Å². The van der Waals surface area contributed by atoms with Crippen molar-refractivity contribution in [1.82, 2.24) is 0 Å². The molecule has 0 aromatic heterocycles. The number of nitrogens with zero attached hydrogens (tertiary/aromatic N) is 1. The quantitative estimate of drug-likeness (QED) is 0.846. The highest BCUT2D eigenvalue weighted by atomic mass is 16.5. The van der Waals surface area contributed by atoms with Gasteiger partial charge < -0.3 is 9.64 Å². The fourth-order valence-corrected chi connectivity index (χ4v) is 4.20. The second-order valence-corrected chi connectivity index (χ2v) is 7.26. The number of amides is 2. The molecule has 5 nitrogen and oxygen atoms in total. The summed E-state index contributed by atoms with van der Waals surface area (Å²) in [5, 5.41) is 0. The second-order valence-electron chi connectivity index (χ2n) is 7.26. The van der Waals surface area contributed by atoms with E-state index in [9.17, 15) is 9.59 Å². The van der Waals surface area contributed by atoms with Gasteiger partial charge in [-0.3, -0.25) is 9.59 Å². The standard InChI is InChI=1S/C19H26N2O3/c1-4-24-16-7-5-15(6-8-16)21-18(22)10-17(19(21)23)20-11-13(2)9-14(3)12-20/h5-8,13-14,17H,4,9-12H2,1-3H3/p+1/t13-,14+,17-/m0/s1. The molecule has 2 heterocycles. The molecule has 0 aliphatic carbocycles. The van der Waals surface area contributed by atoms with Gasteiger partial charge in [0.2, 0.25) is 5.91 Å². The van der Waals surface area contributed by atoms with Crippen molar-refractivity contribution in [2.24, 2.45) is 11.8 Å². The number of rotatable bonds is 4. The summed E-state index contributed by atoms with van der Waals surface area (Å²) in [5.41, 5.74) is 0.647. The van der Waals surface area contributed by atoms with Crippen molar-refractivity contribution in [1.29, 1.82) is 0 Å². The average Bonchev–Trinajstić information content (AvgIpc) is 2.83. The number of ether oxygens (including phenoxy) is 1. The molecule has 2 saturated heterocycles. The highest BCUT2D eigenvalue weighted by molar-refractivity contribution is 6.21. The highest BCUT2D eigenvalue weighted by Crippen LogP contribution is 2.25. The molecule has 1 N–H and O–H groups in total. The van der Waals surface area contributed by atoms with Gasteiger partial charge in [-0.25, -0.2) is 4.90 Å². The van der Waals surface area contributed by atoms with Crippen LogP contribution < -0.4 is 14.5 Å². The molecule has 0 saturated carbocycles. The van der Waals surface area contributed by atoms with Crippen molar-refractivity contribution in [3.63, 3.8) is 0 Å². The summed E-state index contributed by atoms with van der Waals surface area (Å²) in [6.45, 7) is 8.95. The van der Waals surface area contributed by atoms with E-state index in [2.05, 4.69) is 13.8 Å². The minimum absolute atomic E-state index is 0.0551. The number of hydrogen-bond donors (Lipinski definition) is 1. The molecule has 1 aromatic carbocycles. The zero-order chi connectivity index (χ0) is 17.3. The van der Waals surface area contributed by atoms with E-state index in [0.29, 0.717) is 30.6 Å². The Morgan fingerprint density at radius 1 is 1.12 bits per heavy atom. The van der Waals surface area contributed by atoms with Crippen molar-refractivity contribution in [2.75, 3.05) is 24.6 Å². The maximum Gasteiger partial charge on any atom is 0.292 e. The van der Waals surface area contributed by atoms with Crippen LogP contribution in [-0.4, -0.2) is 37.6 Å². The fourth-order valence-electron chi connectivity index (χ4n) is 4.20. The summed E-state index contributed by atoms with van der Waals surface area (Å²) in [6.07, 6.45) is 1.53. The van der Waals surface area contributed by atoms with Gasteiger partial charge in [0.1, 0.15) is 5.75 Å². The molecular formula is C19H27N2O3+. The van der Waals surface area contributed by atoms with Crippen LogP contribution in [0, 0.1) is 11.8 Å². The molecule has 4 atom stereocenters. The normalized spacial score (nSPS) is 30.7. The van der Waals surface area contributed by atoms with Crippen LogP contribution in [0.25, 0.3) is 0 Å². The van der Waals surface area contributed by atoms with Gasteiger partial charge in [0, 0.05) is 11.8 Å². The van der Waals surface area contributed by atoms with Crippen LogP contribution in [0.2, 0.25) is 0 Å². The fraction of sp³-hybridized carbons (Fsp3) is 0.579. The van der Waals surface area contributed by atoms with Crippen LogP contribution in [0.15, 0.2) is 24.3 Å². The molecule has 0 radical (unpaired) electrons. The van der Waals surface area contributed by atoms with Gasteiger partial charge in [0.25, 0.3) is 5.91 Å². The van der Waals surface area contributed by atoms with Crippen molar-refractivity contribution < 1.29 is 19.2 Å². The summed E-state index contributed by atoms with van der Waals surface area (Å²) in [5.74, 6) is 1.81. The third-order valence-corrected chi connectivity index (χ3v) is 5.07. The van der Waals surface area contributed by atoms with Crippen LogP contribution in [0.5, 0.6) is 5.75 Å². The lowest BCUT2D eigenvalue weighted by molar-refractivity contribution is -0.926. The third-order valence-electron chi connectivity index (χ3n) is 5.07. The molecule has 3 rings (SSSR count). The van der Waals surface area contributed by atoms with Gasteiger partial charge in [-0.1, -0.05) is 13.8 Å². The summed E-state index contributed by atoms with van der Waals surface area (Å²) >= 11 is 0. The monoisotopic (exact) mass is 331 g/mol. The number of carbonyl (C=O) groups is 2. The molecule has 2 fully saturated rings. The number of quaternary nitrogens is 1. The summed E-state index contributed by atoms with van der Waals surface area (Å²) < 4.78 is 5.42. The predicted molar refractivity (Wildman–Crippen MR) is 92.2 cm³/mol. The Bertz CT molecular complexity index is 604. The maximum atomic E-state index is 12.9. The van der Waals surface area contributed by atoms with Crippen LogP contribution >= 0.6 is 0 Å². The average molecular weight is 331 g/mol. The minimum Gasteiger partial charge on any atom is -0.494 e. The smallest absolute Gasteiger partial charge is 0.292 e. The molecule has 24 heavy (non-hydrogen) atoms. The Hall–Kier alpha value is -1.88. The Balaban J connectivity index is 1.76. The zero-order valence-corrected chi connectivity index (χ0v) is 14.7. The largest absolute Gasteiger partial charge is 0.494 e. The molecular weight excluding hydrogens is 304 g/mol. The van der Waals surface area contributed by atoms with Crippen LogP contribution in [-0.2, 0) is 9.59 Å². The van der Waals surface area contributed by atoms with Crippen molar-refractivity contribution >= 4 is 17.5 Å². The molecule has 2 amide bonds. The molecule has 2 aliphatic heterocycles. The first-order valence-corrected chi connectivity index (χ1v) is 8.93. The van der Waals surface area contributed by atoms with Crippen LogP contribution in [0.3, 0.4) is 0 Å². The molecule has 0 spiro atoms. The Morgan fingerprint density at radius 3 is 2.33 bits per heavy atom. The van der Waals surface area contributed by atoms with Crippen LogP contribution in [0.4, 0.5) is 5.69 Å². The topological polar surface area (TPSA) is 51.0 Å². The van der Waals surface area contributed by atoms with E-state index in [1.54, 1.807) is 12.1 Å². The summed E-state index contributed by atoms with van der Waals surface area (Å²) in [7, 11) is 0. The number of benzene rings is 1. The molecule has 0 bridgehead atoms. The lowest BCUT2D eigenvalue weighted by atomic mass is 9.90. The summed E-state index contributed by atoms with van der Waals surface area (Å²) in [6, 6.07) is 6.98. The number of hydrogen-bond acceptors (Lipinski definition) is 3. The molecule has 1 aromatic rings. The van der Waals surface area contributed by atoms with Gasteiger partial charge in [-0.15, -0.1) is 0 Å². The summed E-state index contributed by atoms with van der Waals surface area (Å²) in [4.78, 5) is 28.0. The van der Waals surface area contributed by atoms with E-state index in [1.807, 2.05) is 19.1 Å². The minimum atomic E-state index is -0.228. The predicted octanol–water partition coefficient (Wildman–Crippen LogP) is 1.28.